The Morgan fingerprint density at radius 2 is 1.28 bits per heavy atom. The third kappa shape index (κ3) is 8.96. The molecule has 0 aromatic heterocycles. The van der Waals surface area contributed by atoms with Gasteiger partial charge >= 0.3 is 12.1 Å². The molecule has 39 heavy (non-hydrogen) atoms. The number of nitrogens with one attached hydrogen (secondary N) is 2. The number of hydrogen-bond donors (Lipinski definition) is 2. The first-order chi connectivity index (χ1) is 18.9. The summed E-state index contributed by atoms with van der Waals surface area (Å²) in [6, 6.07) is 20.2. The largest absolute Gasteiger partial charge is 0.496 e. The van der Waals surface area contributed by atoms with Gasteiger partial charge in [0.25, 0.3) is 0 Å². The van der Waals surface area contributed by atoms with Gasteiger partial charge in [-0.05, 0) is 11.1 Å². The summed E-state index contributed by atoms with van der Waals surface area (Å²) in [7, 11) is 4.50. The van der Waals surface area contributed by atoms with Gasteiger partial charge in [-0.1, -0.05) is 60.7 Å². The van der Waals surface area contributed by atoms with Gasteiger partial charge in [0.1, 0.15) is 36.5 Å². The van der Waals surface area contributed by atoms with E-state index in [0.29, 0.717) is 22.8 Å². The van der Waals surface area contributed by atoms with E-state index >= 15 is 0 Å². The topological polar surface area (TPSA) is 121 Å². The highest BCUT2D eigenvalue weighted by molar-refractivity contribution is 5.88. The van der Waals surface area contributed by atoms with E-state index in [0.717, 1.165) is 11.1 Å². The average molecular weight is 537 g/mol. The number of methoxy groups -OCH3 is 3. The van der Waals surface area contributed by atoms with Crippen LogP contribution in [-0.2, 0) is 38.8 Å². The van der Waals surface area contributed by atoms with E-state index in [2.05, 4.69) is 10.6 Å². The van der Waals surface area contributed by atoms with Crippen LogP contribution in [0.2, 0.25) is 0 Å². The molecule has 0 bridgehead atoms. The van der Waals surface area contributed by atoms with E-state index in [1.807, 2.05) is 36.4 Å². The predicted octanol–water partition coefficient (Wildman–Crippen LogP) is 3.76. The zero-order valence-corrected chi connectivity index (χ0v) is 22.1. The molecule has 1 atom stereocenters. The van der Waals surface area contributed by atoms with Gasteiger partial charge in [0.2, 0.25) is 5.91 Å². The highest BCUT2D eigenvalue weighted by Crippen LogP contribution is 2.33. The molecule has 0 unspecified atom stereocenters. The number of rotatable bonds is 13. The summed E-state index contributed by atoms with van der Waals surface area (Å²) in [6.07, 6.45) is -1.23. The van der Waals surface area contributed by atoms with Crippen molar-refractivity contribution < 1.29 is 38.1 Å². The van der Waals surface area contributed by atoms with Crippen LogP contribution in [-0.4, -0.2) is 45.3 Å². The molecular weight excluding hydrogens is 504 g/mol. The van der Waals surface area contributed by atoms with E-state index in [-0.39, 0.29) is 26.2 Å². The van der Waals surface area contributed by atoms with Crippen LogP contribution in [0.5, 0.6) is 17.2 Å². The van der Waals surface area contributed by atoms with E-state index in [4.69, 9.17) is 23.7 Å². The molecule has 10 nitrogen and oxygen atoms in total. The number of carbonyl (C=O) groups is 3. The average Bonchev–Trinajstić information content (AvgIpc) is 2.97. The van der Waals surface area contributed by atoms with Gasteiger partial charge in [0.15, 0.2) is 0 Å². The van der Waals surface area contributed by atoms with E-state index in [1.54, 1.807) is 36.4 Å². The van der Waals surface area contributed by atoms with Gasteiger partial charge in [0.05, 0.1) is 39.9 Å². The number of amides is 2. The van der Waals surface area contributed by atoms with Gasteiger partial charge in [-0.25, -0.2) is 9.59 Å². The van der Waals surface area contributed by atoms with Crippen LogP contribution in [0.25, 0.3) is 0 Å². The first kappa shape index (κ1) is 28.8. The molecule has 3 rings (SSSR count). The quantitative estimate of drug-likeness (QED) is 0.317. The van der Waals surface area contributed by atoms with E-state index < -0.39 is 24.0 Å². The normalized spacial score (nSPS) is 11.1. The number of benzene rings is 3. The van der Waals surface area contributed by atoms with Gasteiger partial charge in [-0.2, -0.15) is 0 Å². The second-order valence-corrected chi connectivity index (χ2v) is 8.34. The predicted molar refractivity (Wildman–Crippen MR) is 142 cm³/mol. The van der Waals surface area contributed by atoms with Crippen LogP contribution in [0.15, 0.2) is 72.8 Å². The van der Waals surface area contributed by atoms with Crippen molar-refractivity contribution >= 4 is 18.0 Å². The smallest absolute Gasteiger partial charge is 0.408 e. The van der Waals surface area contributed by atoms with Crippen LogP contribution in [0.4, 0.5) is 4.79 Å². The molecule has 0 fully saturated rings. The molecule has 10 heteroatoms. The number of carbonyl (C=O) groups excluding carboxylic acids is 3. The molecule has 0 radical (unpaired) electrons. The maximum absolute atomic E-state index is 12.9. The molecule has 3 aromatic rings. The molecule has 2 amide bonds. The van der Waals surface area contributed by atoms with Crippen molar-refractivity contribution in [1.82, 2.24) is 10.6 Å². The highest BCUT2D eigenvalue weighted by atomic mass is 16.6. The Kier molecular flexibility index (Phi) is 11.0. The molecule has 3 aromatic carbocycles. The monoisotopic (exact) mass is 536 g/mol. The van der Waals surface area contributed by atoms with Crippen LogP contribution < -0.4 is 24.8 Å². The summed E-state index contributed by atoms with van der Waals surface area (Å²) in [5.74, 6) is 0.143. The third-order valence-corrected chi connectivity index (χ3v) is 5.68. The van der Waals surface area contributed by atoms with Crippen molar-refractivity contribution in [3.8, 4) is 17.2 Å². The Morgan fingerprint density at radius 3 is 1.79 bits per heavy atom. The summed E-state index contributed by atoms with van der Waals surface area (Å²) in [5.41, 5.74) is 2.11. The highest BCUT2D eigenvalue weighted by Gasteiger charge is 2.27. The Morgan fingerprint density at radius 1 is 0.744 bits per heavy atom. The minimum absolute atomic E-state index is 0.00170. The Bertz CT molecular complexity index is 1210. The molecule has 2 N–H and O–H groups in total. The SMILES string of the molecule is COc1cc(OC)c(CNC(=O)C[C@H](NC(=O)OCc2ccccc2)C(=O)OCc2ccccc2)c(OC)c1. The summed E-state index contributed by atoms with van der Waals surface area (Å²) in [6.45, 7) is 0.0277. The molecule has 0 aliphatic heterocycles. The Balaban J connectivity index is 1.66. The zero-order chi connectivity index (χ0) is 28.0. The fourth-order valence-corrected chi connectivity index (χ4v) is 3.63. The number of hydrogen-bond acceptors (Lipinski definition) is 8. The van der Waals surface area contributed by atoms with Gasteiger partial charge < -0.3 is 34.3 Å². The standard InChI is InChI=1S/C29H32N2O8/c1-35-22-14-25(36-2)23(26(15-22)37-3)17-30-27(32)16-24(28(33)38-18-20-10-6-4-7-11-20)31-29(34)39-19-21-12-8-5-9-13-21/h4-15,24H,16-19H2,1-3H3,(H,30,32)(H,31,34)/t24-/m0/s1. The molecule has 0 heterocycles. The number of alkyl carbamates (subject to hydrolysis) is 1. The van der Waals surface area contributed by atoms with Crippen LogP contribution >= 0.6 is 0 Å². The molecule has 0 aliphatic rings. The molecular formula is C29H32N2O8. The second-order valence-electron chi connectivity index (χ2n) is 8.34. The van der Waals surface area contributed by atoms with Crippen molar-refractivity contribution in [3.63, 3.8) is 0 Å². The molecule has 0 saturated carbocycles. The lowest BCUT2D eigenvalue weighted by Crippen LogP contribution is -2.45. The van der Waals surface area contributed by atoms with Gasteiger partial charge in [0, 0.05) is 12.1 Å². The third-order valence-electron chi connectivity index (χ3n) is 5.68. The van der Waals surface area contributed by atoms with Crippen LogP contribution in [0.3, 0.4) is 0 Å². The molecule has 0 saturated heterocycles. The van der Waals surface area contributed by atoms with Crippen molar-refractivity contribution in [2.75, 3.05) is 21.3 Å². The molecule has 206 valence electrons. The number of esters is 1. The fraction of sp³-hybridized carbons (Fsp3) is 0.276. The lowest BCUT2D eigenvalue weighted by Gasteiger charge is -2.19. The number of ether oxygens (including phenoxy) is 5. The summed E-state index contributed by atoms with van der Waals surface area (Å²) in [4.78, 5) is 38.2. The van der Waals surface area contributed by atoms with Crippen molar-refractivity contribution in [3.05, 3.63) is 89.5 Å². The first-order valence-corrected chi connectivity index (χ1v) is 12.2. The summed E-state index contributed by atoms with van der Waals surface area (Å²) < 4.78 is 26.7. The maximum Gasteiger partial charge on any atom is 0.408 e. The summed E-state index contributed by atoms with van der Waals surface area (Å²) >= 11 is 0. The lowest BCUT2D eigenvalue weighted by molar-refractivity contribution is -0.148. The second kappa shape index (κ2) is 14.9. The molecule has 0 spiro atoms. The fourth-order valence-electron chi connectivity index (χ4n) is 3.63. The zero-order valence-electron chi connectivity index (χ0n) is 22.1. The lowest BCUT2D eigenvalue weighted by atomic mass is 10.1. The minimum Gasteiger partial charge on any atom is -0.496 e. The summed E-state index contributed by atoms with van der Waals surface area (Å²) in [5, 5.41) is 5.19. The van der Waals surface area contributed by atoms with Crippen molar-refractivity contribution in [1.29, 1.82) is 0 Å². The van der Waals surface area contributed by atoms with Crippen LogP contribution in [0, 0.1) is 0 Å². The Hall–Kier alpha value is -4.73. The minimum atomic E-state index is -1.28. The van der Waals surface area contributed by atoms with E-state index in [1.165, 1.54) is 21.3 Å². The van der Waals surface area contributed by atoms with Gasteiger partial charge in [-0.3, -0.25) is 4.79 Å². The first-order valence-electron chi connectivity index (χ1n) is 12.2. The Labute approximate surface area is 227 Å². The van der Waals surface area contributed by atoms with Gasteiger partial charge in [-0.15, -0.1) is 0 Å². The van der Waals surface area contributed by atoms with Crippen molar-refractivity contribution in [2.24, 2.45) is 0 Å². The van der Waals surface area contributed by atoms with Crippen LogP contribution in [0.1, 0.15) is 23.1 Å². The van der Waals surface area contributed by atoms with Crippen molar-refractivity contribution in [2.45, 2.75) is 32.2 Å². The maximum atomic E-state index is 12.9. The molecule has 0 aliphatic carbocycles. The van der Waals surface area contributed by atoms with E-state index in [9.17, 15) is 14.4 Å².